The second kappa shape index (κ2) is 5.44. The zero-order valence-electron chi connectivity index (χ0n) is 12.8. The van der Waals surface area contributed by atoms with Gasteiger partial charge in [-0.2, -0.15) is 5.10 Å². The summed E-state index contributed by atoms with van der Waals surface area (Å²) in [6.45, 7) is 4.74. The van der Waals surface area contributed by atoms with Crippen molar-refractivity contribution in [2.24, 2.45) is 0 Å². The predicted octanol–water partition coefficient (Wildman–Crippen LogP) is 2.26. The summed E-state index contributed by atoms with van der Waals surface area (Å²) < 4.78 is 7.41. The number of anilines is 1. The molecule has 3 rings (SSSR count). The van der Waals surface area contributed by atoms with Crippen LogP contribution in [-0.2, 0) is 4.74 Å². The van der Waals surface area contributed by atoms with Crippen molar-refractivity contribution in [3.8, 4) is 5.82 Å². The van der Waals surface area contributed by atoms with Gasteiger partial charge >= 0.3 is 0 Å². The SMILES string of the molecule is COC1(CNc2cncc(-n3nc(C)cc3C)n2)CCC1. The topological polar surface area (TPSA) is 64.9 Å². The highest BCUT2D eigenvalue weighted by molar-refractivity contribution is 5.37. The van der Waals surface area contributed by atoms with E-state index in [9.17, 15) is 0 Å². The third-order valence-corrected chi connectivity index (χ3v) is 4.14. The third-order valence-electron chi connectivity index (χ3n) is 4.14. The molecule has 1 fully saturated rings. The molecule has 2 heterocycles. The van der Waals surface area contributed by atoms with Gasteiger partial charge in [0.25, 0.3) is 0 Å². The fraction of sp³-hybridized carbons (Fsp3) is 0.533. The first-order chi connectivity index (χ1) is 10.1. The lowest BCUT2D eigenvalue weighted by Crippen LogP contribution is -2.45. The Hall–Kier alpha value is -1.95. The summed E-state index contributed by atoms with van der Waals surface area (Å²) in [5.74, 6) is 1.48. The Morgan fingerprint density at radius 1 is 1.33 bits per heavy atom. The van der Waals surface area contributed by atoms with Crippen LogP contribution in [0.5, 0.6) is 0 Å². The number of methoxy groups -OCH3 is 1. The van der Waals surface area contributed by atoms with Crippen LogP contribution >= 0.6 is 0 Å². The maximum Gasteiger partial charge on any atom is 0.174 e. The number of hydrogen-bond donors (Lipinski definition) is 1. The molecule has 6 nitrogen and oxygen atoms in total. The maximum atomic E-state index is 5.60. The van der Waals surface area contributed by atoms with E-state index >= 15 is 0 Å². The van der Waals surface area contributed by atoms with E-state index in [0.717, 1.165) is 42.4 Å². The summed E-state index contributed by atoms with van der Waals surface area (Å²) in [7, 11) is 1.78. The molecular weight excluding hydrogens is 266 g/mol. The molecule has 0 unspecified atom stereocenters. The Labute approximate surface area is 124 Å². The van der Waals surface area contributed by atoms with Crippen LogP contribution in [-0.4, -0.2) is 39.0 Å². The van der Waals surface area contributed by atoms with Gasteiger partial charge in [-0.05, 0) is 39.2 Å². The minimum Gasteiger partial charge on any atom is -0.376 e. The molecule has 1 saturated carbocycles. The lowest BCUT2D eigenvalue weighted by Gasteiger charge is -2.40. The van der Waals surface area contributed by atoms with Crippen molar-refractivity contribution in [3.63, 3.8) is 0 Å². The molecule has 112 valence electrons. The molecule has 0 spiro atoms. The third kappa shape index (κ3) is 2.76. The number of aryl methyl sites for hydroxylation is 2. The van der Waals surface area contributed by atoms with Gasteiger partial charge in [-0.3, -0.25) is 4.98 Å². The van der Waals surface area contributed by atoms with Gasteiger partial charge in [0.1, 0.15) is 5.82 Å². The van der Waals surface area contributed by atoms with Crippen LogP contribution in [0.2, 0.25) is 0 Å². The molecule has 0 bridgehead atoms. The van der Waals surface area contributed by atoms with E-state index in [1.165, 1.54) is 6.42 Å². The van der Waals surface area contributed by atoms with Crippen molar-refractivity contribution >= 4 is 5.82 Å². The van der Waals surface area contributed by atoms with Crippen LogP contribution in [0.4, 0.5) is 5.82 Å². The summed E-state index contributed by atoms with van der Waals surface area (Å²) >= 11 is 0. The first-order valence-corrected chi connectivity index (χ1v) is 7.27. The van der Waals surface area contributed by atoms with Crippen LogP contribution in [0.25, 0.3) is 5.82 Å². The second-order valence-corrected chi connectivity index (χ2v) is 5.70. The Morgan fingerprint density at radius 2 is 2.14 bits per heavy atom. The van der Waals surface area contributed by atoms with Crippen molar-refractivity contribution in [1.82, 2.24) is 19.7 Å². The minimum absolute atomic E-state index is 0.0319. The monoisotopic (exact) mass is 287 g/mol. The van der Waals surface area contributed by atoms with E-state index in [0.29, 0.717) is 0 Å². The van der Waals surface area contributed by atoms with Gasteiger partial charge < -0.3 is 10.1 Å². The number of nitrogens with zero attached hydrogens (tertiary/aromatic N) is 4. The number of aromatic nitrogens is 4. The van der Waals surface area contributed by atoms with Crippen molar-refractivity contribution in [2.45, 2.75) is 38.7 Å². The molecular formula is C15H21N5O. The van der Waals surface area contributed by atoms with Crippen molar-refractivity contribution in [1.29, 1.82) is 0 Å². The first kappa shape index (κ1) is 14.0. The molecule has 0 radical (unpaired) electrons. The average Bonchev–Trinajstić information content (AvgIpc) is 2.77. The summed E-state index contributed by atoms with van der Waals surface area (Å²) in [5, 5.41) is 7.77. The predicted molar refractivity (Wildman–Crippen MR) is 80.7 cm³/mol. The zero-order chi connectivity index (χ0) is 14.9. The van der Waals surface area contributed by atoms with E-state index in [4.69, 9.17) is 4.74 Å². The van der Waals surface area contributed by atoms with E-state index in [1.54, 1.807) is 19.5 Å². The summed E-state index contributed by atoms with van der Waals surface area (Å²) in [4.78, 5) is 8.84. The highest BCUT2D eigenvalue weighted by atomic mass is 16.5. The van der Waals surface area contributed by atoms with Crippen LogP contribution in [0.1, 0.15) is 30.7 Å². The molecule has 0 amide bonds. The Kier molecular flexibility index (Phi) is 3.63. The molecule has 0 atom stereocenters. The van der Waals surface area contributed by atoms with E-state index in [2.05, 4.69) is 20.4 Å². The van der Waals surface area contributed by atoms with Gasteiger partial charge in [-0.15, -0.1) is 0 Å². The molecule has 2 aromatic rings. The first-order valence-electron chi connectivity index (χ1n) is 7.27. The molecule has 1 aliphatic rings. The van der Waals surface area contributed by atoms with Gasteiger partial charge in [-0.25, -0.2) is 9.67 Å². The maximum absolute atomic E-state index is 5.60. The van der Waals surface area contributed by atoms with E-state index in [-0.39, 0.29) is 5.60 Å². The molecule has 0 aromatic carbocycles. The normalized spacial score (nSPS) is 16.5. The number of nitrogens with one attached hydrogen (secondary N) is 1. The van der Waals surface area contributed by atoms with E-state index < -0.39 is 0 Å². The fourth-order valence-corrected chi connectivity index (χ4v) is 2.68. The quantitative estimate of drug-likeness (QED) is 0.913. The Balaban J connectivity index is 1.76. The smallest absolute Gasteiger partial charge is 0.174 e. The van der Waals surface area contributed by atoms with Gasteiger partial charge in [0, 0.05) is 19.3 Å². The summed E-state index contributed by atoms with van der Waals surface area (Å²) in [6.07, 6.45) is 6.88. The molecule has 6 heteroatoms. The highest BCUT2D eigenvalue weighted by Crippen LogP contribution is 2.34. The summed E-state index contributed by atoms with van der Waals surface area (Å²) in [5.41, 5.74) is 1.99. The van der Waals surface area contributed by atoms with Crippen LogP contribution < -0.4 is 5.32 Å². The largest absolute Gasteiger partial charge is 0.376 e. The van der Waals surface area contributed by atoms with Gasteiger partial charge in [-0.1, -0.05) is 0 Å². The minimum atomic E-state index is -0.0319. The fourth-order valence-electron chi connectivity index (χ4n) is 2.68. The standard InChI is InChI=1S/C15H21N5O/c1-11-7-12(2)20(19-11)14-9-16-8-13(18-14)17-10-15(21-3)5-4-6-15/h7-9H,4-6,10H2,1-3H3,(H,17,18). The highest BCUT2D eigenvalue weighted by Gasteiger charge is 2.36. The van der Waals surface area contributed by atoms with Gasteiger partial charge in [0.05, 0.1) is 23.7 Å². The molecule has 1 aliphatic carbocycles. The van der Waals surface area contributed by atoms with Gasteiger partial charge in [0.15, 0.2) is 5.82 Å². The summed E-state index contributed by atoms with van der Waals surface area (Å²) in [6, 6.07) is 2.02. The molecule has 0 saturated heterocycles. The van der Waals surface area contributed by atoms with Crippen LogP contribution in [0.3, 0.4) is 0 Å². The number of ether oxygens (including phenoxy) is 1. The van der Waals surface area contributed by atoms with Gasteiger partial charge in [0.2, 0.25) is 0 Å². The molecule has 1 N–H and O–H groups in total. The van der Waals surface area contributed by atoms with Crippen molar-refractivity contribution in [3.05, 3.63) is 29.8 Å². The zero-order valence-corrected chi connectivity index (χ0v) is 12.8. The lowest BCUT2D eigenvalue weighted by atomic mass is 9.80. The lowest BCUT2D eigenvalue weighted by molar-refractivity contribution is -0.0601. The van der Waals surface area contributed by atoms with Crippen molar-refractivity contribution in [2.75, 3.05) is 19.0 Å². The second-order valence-electron chi connectivity index (χ2n) is 5.70. The molecule has 2 aromatic heterocycles. The number of hydrogen-bond acceptors (Lipinski definition) is 5. The van der Waals surface area contributed by atoms with Crippen LogP contribution in [0, 0.1) is 13.8 Å². The molecule has 21 heavy (non-hydrogen) atoms. The van der Waals surface area contributed by atoms with Crippen LogP contribution in [0.15, 0.2) is 18.5 Å². The van der Waals surface area contributed by atoms with Crippen molar-refractivity contribution < 1.29 is 4.74 Å². The Bertz CT molecular complexity index is 627. The average molecular weight is 287 g/mol. The Morgan fingerprint density at radius 3 is 2.71 bits per heavy atom. The molecule has 0 aliphatic heterocycles. The van der Waals surface area contributed by atoms with E-state index in [1.807, 2.05) is 24.6 Å². The number of rotatable bonds is 5.